The summed E-state index contributed by atoms with van der Waals surface area (Å²) in [5, 5.41) is 18.0. The average molecular weight is 196 g/mol. The van der Waals surface area contributed by atoms with Crippen LogP contribution in [-0.2, 0) is 0 Å². The molecule has 0 spiro atoms. The lowest BCUT2D eigenvalue weighted by atomic mass is 9.79. The standard InChI is InChI=1S/C9H13BO2S/c1-6-4-8(10(11)12)5-7(2)9(6)13-3/h4-5,11-12H,1-3H3. The SMILES string of the molecule is CSc1c(C)cc(B(O)O)cc1C. The average Bonchev–Trinajstić information content (AvgIpc) is 2.03. The van der Waals surface area contributed by atoms with Crippen molar-refractivity contribution in [3.8, 4) is 0 Å². The van der Waals surface area contributed by atoms with Crippen molar-refractivity contribution in [3.05, 3.63) is 23.3 Å². The van der Waals surface area contributed by atoms with Gasteiger partial charge in [0.15, 0.2) is 0 Å². The van der Waals surface area contributed by atoms with Gasteiger partial charge in [0.2, 0.25) is 0 Å². The highest BCUT2D eigenvalue weighted by Crippen LogP contribution is 2.22. The number of benzene rings is 1. The van der Waals surface area contributed by atoms with Gasteiger partial charge in [-0.3, -0.25) is 0 Å². The topological polar surface area (TPSA) is 40.5 Å². The van der Waals surface area contributed by atoms with E-state index in [1.807, 2.05) is 32.2 Å². The van der Waals surface area contributed by atoms with Crippen LogP contribution in [0.5, 0.6) is 0 Å². The Balaban J connectivity index is 3.20. The third-order valence-electron chi connectivity index (χ3n) is 1.98. The first kappa shape index (κ1) is 10.6. The second kappa shape index (κ2) is 4.18. The molecule has 1 rings (SSSR count). The molecular weight excluding hydrogens is 183 g/mol. The Hall–Kier alpha value is -0.445. The van der Waals surface area contributed by atoms with Crippen molar-refractivity contribution in [3.63, 3.8) is 0 Å². The minimum absolute atomic E-state index is 0.563. The molecule has 2 nitrogen and oxygen atoms in total. The Labute approximate surface area is 83.1 Å². The molecule has 70 valence electrons. The van der Waals surface area contributed by atoms with Crippen LogP contribution in [0.25, 0.3) is 0 Å². The van der Waals surface area contributed by atoms with E-state index in [9.17, 15) is 0 Å². The van der Waals surface area contributed by atoms with Crippen molar-refractivity contribution in [1.29, 1.82) is 0 Å². The van der Waals surface area contributed by atoms with Gasteiger partial charge in [-0.1, -0.05) is 12.1 Å². The van der Waals surface area contributed by atoms with Crippen molar-refractivity contribution in [2.24, 2.45) is 0 Å². The van der Waals surface area contributed by atoms with Gasteiger partial charge in [-0.25, -0.2) is 0 Å². The first-order valence-electron chi connectivity index (χ1n) is 4.07. The molecule has 1 aromatic carbocycles. The Morgan fingerprint density at radius 1 is 1.15 bits per heavy atom. The highest BCUT2D eigenvalue weighted by molar-refractivity contribution is 7.98. The fourth-order valence-electron chi connectivity index (χ4n) is 1.45. The van der Waals surface area contributed by atoms with Crippen LogP contribution in [0, 0.1) is 13.8 Å². The smallest absolute Gasteiger partial charge is 0.423 e. The maximum absolute atomic E-state index is 8.98. The molecule has 0 amide bonds. The summed E-state index contributed by atoms with van der Waals surface area (Å²) in [6.07, 6.45) is 2.02. The number of rotatable bonds is 2. The molecule has 13 heavy (non-hydrogen) atoms. The zero-order chi connectivity index (χ0) is 10.0. The van der Waals surface area contributed by atoms with Crippen LogP contribution in [0.1, 0.15) is 11.1 Å². The molecule has 0 fully saturated rings. The molecule has 0 aliphatic heterocycles. The summed E-state index contributed by atoms with van der Waals surface area (Å²) < 4.78 is 0. The molecule has 0 radical (unpaired) electrons. The van der Waals surface area contributed by atoms with E-state index in [1.165, 1.54) is 4.90 Å². The van der Waals surface area contributed by atoms with Crippen LogP contribution in [-0.4, -0.2) is 23.4 Å². The van der Waals surface area contributed by atoms with E-state index in [0.29, 0.717) is 5.46 Å². The van der Waals surface area contributed by atoms with Gasteiger partial charge in [-0.15, -0.1) is 11.8 Å². The normalized spacial score (nSPS) is 10.2. The minimum Gasteiger partial charge on any atom is -0.423 e. The van der Waals surface area contributed by atoms with Crippen molar-refractivity contribution in [2.45, 2.75) is 18.7 Å². The van der Waals surface area contributed by atoms with Crippen molar-refractivity contribution < 1.29 is 10.0 Å². The zero-order valence-electron chi connectivity index (χ0n) is 8.03. The number of hydrogen-bond acceptors (Lipinski definition) is 3. The fourth-order valence-corrected chi connectivity index (χ4v) is 2.22. The van der Waals surface area contributed by atoms with Crippen molar-refractivity contribution >= 4 is 24.3 Å². The summed E-state index contributed by atoms with van der Waals surface area (Å²) in [6.45, 7) is 3.95. The summed E-state index contributed by atoms with van der Waals surface area (Å²) in [6, 6.07) is 3.62. The van der Waals surface area contributed by atoms with Crippen LogP contribution in [0.4, 0.5) is 0 Å². The lowest BCUT2D eigenvalue weighted by Crippen LogP contribution is -2.30. The quantitative estimate of drug-likeness (QED) is 0.540. The van der Waals surface area contributed by atoms with E-state index >= 15 is 0 Å². The van der Waals surface area contributed by atoms with Gasteiger partial charge in [-0.2, -0.15) is 0 Å². The first-order valence-corrected chi connectivity index (χ1v) is 5.30. The lowest BCUT2D eigenvalue weighted by Gasteiger charge is -2.09. The molecule has 4 heteroatoms. The van der Waals surface area contributed by atoms with E-state index in [0.717, 1.165) is 11.1 Å². The first-order chi connectivity index (χ1) is 6.06. The minimum atomic E-state index is -1.37. The van der Waals surface area contributed by atoms with Gasteiger partial charge >= 0.3 is 7.12 Å². The highest BCUT2D eigenvalue weighted by atomic mass is 32.2. The van der Waals surface area contributed by atoms with Crippen LogP contribution in [0.3, 0.4) is 0 Å². The molecule has 2 N–H and O–H groups in total. The number of hydrogen-bond donors (Lipinski definition) is 2. The molecule has 0 bridgehead atoms. The Morgan fingerprint density at radius 2 is 1.62 bits per heavy atom. The Kier molecular flexibility index (Phi) is 3.42. The van der Waals surface area contributed by atoms with Crippen LogP contribution < -0.4 is 5.46 Å². The Bertz CT molecular complexity index is 289. The molecule has 0 unspecified atom stereocenters. The molecule has 0 aliphatic rings. The van der Waals surface area contributed by atoms with Gasteiger partial charge in [0.05, 0.1) is 0 Å². The molecule has 0 atom stereocenters. The fraction of sp³-hybridized carbons (Fsp3) is 0.333. The lowest BCUT2D eigenvalue weighted by molar-refractivity contribution is 0.425. The Morgan fingerprint density at radius 3 is 1.92 bits per heavy atom. The van der Waals surface area contributed by atoms with E-state index in [2.05, 4.69) is 0 Å². The summed E-state index contributed by atoms with van der Waals surface area (Å²) in [4.78, 5) is 1.21. The van der Waals surface area contributed by atoms with E-state index in [4.69, 9.17) is 10.0 Å². The van der Waals surface area contributed by atoms with Crippen LogP contribution in [0.15, 0.2) is 17.0 Å². The second-order valence-electron chi connectivity index (χ2n) is 3.06. The second-order valence-corrected chi connectivity index (χ2v) is 3.88. The van der Waals surface area contributed by atoms with Gasteiger partial charge in [0.25, 0.3) is 0 Å². The maximum Gasteiger partial charge on any atom is 0.488 e. The molecular formula is C9H13BO2S. The molecule has 0 aromatic heterocycles. The van der Waals surface area contributed by atoms with Crippen molar-refractivity contribution in [1.82, 2.24) is 0 Å². The monoisotopic (exact) mass is 196 g/mol. The third kappa shape index (κ3) is 2.27. The molecule has 0 saturated heterocycles. The van der Waals surface area contributed by atoms with Crippen LogP contribution in [0.2, 0.25) is 0 Å². The van der Waals surface area contributed by atoms with Gasteiger partial charge < -0.3 is 10.0 Å². The zero-order valence-corrected chi connectivity index (χ0v) is 8.85. The highest BCUT2D eigenvalue weighted by Gasteiger charge is 2.13. The molecule has 0 heterocycles. The van der Waals surface area contributed by atoms with Gasteiger partial charge in [0, 0.05) is 4.90 Å². The van der Waals surface area contributed by atoms with E-state index < -0.39 is 7.12 Å². The summed E-state index contributed by atoms with van der Waals surface area (Å²) in [5.74, 6) is 0. The summed E-state index contributed by atoms with van der Waals surface area (Å²) in [7, 11) is -1.37. The number of aryl methyl sites for hydroxylation is 2. The van der Waals surface area contributed by atoms with Crippen molar-refractivity contribution in [2.75, 3.05) is 6.26 Å². The summed E-state index contributed by atoms with van der Waals surface area (Å²) in [5.41, 5.74) is 2.75. The number of thioether (sulfide) groups is 1. The van der Waals surface area contributed by atoms with Crippen LogP contribution >= 0.6 is 11.8 Å². The molecule has 0 saturated carbocycles. The van der Waals surface area contributed by atoms with E-state index in [-0.39, 0.29) is 0 Å². The largest absolute Gasteiger partial charge is 0.488 e. The maximum atomic E-state index is 8.98. The molecule has 0 aliphatic carbocycles. The third-order valence-corrected chi connectivity index (χ3v) is 3.04. The van der Waals surface area contributed by atoms with E-state index in [1.54, 1.807) is 11.8 Å². The molecule has 1 aromatic rings. The van der Waals surface area contributed by atoms with Gasteiger partial charge in [0.1, 0.15) is 0 Å². The summed E-state index contributed by atoms with van der Waals surface area (Å²) >= 11 is 1.68. The van der Waals surface area contributed by atoms with Gasteiger partial charge in [-0.05, 0) is 36.7 Å². The predicted molar refractivity (Wildman–Crippen MR) is 57.5 cm³/mol. The predicted octanol–water partition coefficient (Wildman–Crippen LogP) is 0.705.